The number of benzene rings is 1. The molecule has 0 unspecified atom stereocenters. The predicted octanol–water partition coefficient (Wildman–Crippen LogP) is -0.457. The van der Waals surface area contributed by atoms with Crippen molar-refractivity contribution in [3.05, 3.63) is 23.8 Å². The van der Waals surface area contributed by atoms with Crippen LogP contribution in [-0.2, 0) is 4.79 Å². The normalized spacial score (nSPS) is 22.8. The molecule has 0 saturated carbocycles. The molecule has 15 heavy (non-hydrogen) atoms. The molecule has 0 saturated heterocycles. The molecule has 0 bridgehead atoms. The highest BCUT2D eigenvalue weighted by Gasteiger charge is 2.24. The third-order valence-electron chi connectivity index (χ3n) is 1.68. The zero-order valence-electron chi connectivity index (χ0n) is 11.4. The summed E-state index contributed by atoms with van der Waals surface area (Å²) in [5.74, 6) is -3.40. The number of phenolic OH excluding ortho intramolecular Hbond substituents is 2. The van der Waals surface area contributed by atoms with Crippen molar-refractivity contribution in [1.29, 1.82) is 0 Å². The van der Waals surface area contributed by atoms with Crippen LogP contribution >= 0.6 is 0 Å². The van der Waals surface area contributed by atoms with E-state index in [-0.39, 0.29) is 0 Å². The van der Waals surface area contributed by atoms with E-state index in [1.54, 1.807) is 0 Å². The highest BCUT2D eigenvalue weighted by Crippen LogP contribution is 2.28. The SMILES string of the molecule is [2H]N([2H])[C@]([2H])(C(=O)O)[C@]([2H])(O)c1ccc(O)c(O)c1. The lowest BCUT2D eigenvalue weighted by Crippen LogP contribution is -2.36. The van der Waals surface area contributed by atoms with Gasteiger partial charge in [0.25, 0.3) is 0 Å². The lowest BCUT2D eigenvalue weighted by Gasteiger charge is -2.15. The molecule has 82 valence electrons. The van der Waals surface area contributed by atoms with Gasteiger partial charge < -0.3 is 26.1 Å². The van der Waals surface area contributed by atoms with Gasteiger partial charge in [0.2, 0.25) is 0 Å². The first-order valence-electron chi connectivity index (χ1n) is 5.70. The maximum absolute atomic E-state index is 11.0. The van der Waals surface area contributed by atoms with Crippen LogP contribution in [0, 0.1) is 0 Å². The van der Waals surface area contributed by atoms with Crippen molar-refractivity contribution < 1.29 is 30.8 Å². The Hall–Kier alpha value is -1.79. The van der Waals surface area contributed by atoms with E-state index >= 15 is 0 Å². The number of rotatable bonds is 4. The molecule has 0 spiro atoms. The largest absolute Gasteiger partial charge is 0.504 e. The molecule has 0 fully saturated rings. The van der Waals surface area contributed by atoms with E-state index in [0.29, 0.717) is 6.07 Å². The fourth-order valence-electron chi connectivity index (χ4n) is 0.909. The number of carboxylic acid groups (broad SMARTS) is 1. The predicted molar refractivity (Wildman–Crippen MR) is 50.3 cm³/mol. The quantitative estimate of drug-likeness (QED) is 0.435. The minimum atomic E-state index is -3.35. The number of aliphatic hydroxyl groups is 1. The molecule has 6 heteroatoms. The number of phenols is 2. The fraction of sp³-hybridized carbons (Fsp3) is 0.222. The van der Waals surface area contributed by atoms with Gasteiger partial charge in [0.05, 0.1) is 2.74 Å². The van der Waals surface area contributed by atoms with Crippen molar-refractivity contribution in [2.45, 2.75) is 12.1 Å². The summed E-state index contributed by atoms with van der Waals surface area (Å²) in [5, 5.41) is 37.1. The second-order valence-electron chi connectivity index (χ2n) is 2.71. The number of carbonyl (C=O) groups is 1. The van der Waals surface area contributed by atoms with E-state index in [9.17, 15) is 15.0 Å². The molecule has 0 aliphatic rings. The van der Waals surface area contributed by atoms with Gasteiger partial charge in [-0.25, -0.2) is 0 Å². The Morgan fingerprint density at radius 3 is 2.60 bits per heavy atom. The Balaban J connectivity index is 3.43. The molecular formula is C9H11NO5. The molecule has 6 N–H and O–H groups in total. The van der Waals surface area contributed by atoms with Crippen LogP contribution in [0.1, 0.15) is 14.4 Å². The van der Waals surface area contributed by atoms with E-state index in [2.05, 4.69) is 0 Å². The molecule has 0 amide bonds. The van der Waals surface area contributed by atoms with E-state index in [4.69, 9.17) is 15.8 Å². The van der Waals surface area contributed by atoms with Crippen LogP contribution in [0.25, 0.3) is 0 Å². The average Bonchev–Trinajstić information content (AvgIpc) is 2.30. The molecule has 1 rings (SSSR count). The van der Waals surface area contributed by atoms with Gasteiger partial charge in [-0.05, 0) is 17.7 Å². The van der Waals surface area contributed by atoms with Crippen molar-refractivity contribution in [3.8, 4) is 11.5 Å². The zero-order chi connectivity index (χ0) is 15.0. The molecule has 1 aromatic rings. The molecule has 6 nitrogen and oxygen atoms in total. The van der Waals surface area contributed by atoms with Crippen molar-refractivity contribution in [3.63, 3.8) is 0 Å². The first-order chi connectivity index (χ1) is 8.55. The highest BCUT2D eigenvalue weighted by molar-refractivity contribution is 5.74. The van der Waals surface area contributed by atoms with Crippen molar-refractivity contribution in [1.82, 2.24) is 0 Å². The summed E-state index contributed by atoms with van der Waals surface area (Å²) in [6.07, 6.45) is -3.23. The summed E-state index contributed by atoms with van der Waals surface area (Å²) < 4.78 is 28.8. The van der Waals surface area contributed by atoms with Crippen LogP contribution < -0.4 is 5.72 Å². The topological polar surface area (TPSA) is 124 Å². The zero-order valence-corrected chi connectivity index (χ0v) is 7.38. The first-order valence-corrected chi connectivity index (χ1v) is 3.81. The molecule has 0 aliphatic heterocycles. The van der Waals surface area contributed by atoms with Gasteiger partial charge in [-0.2, -0.15) is 0 Å². The molecule has 0 radical (unpaired) electrons. The Morgan fingerprint density at radius 2 is 2.13 bits per heavy atom. The summed E-state index contributed by atoms with van der Waals surface area (Å²) in [6.45, 7) is 0. The second-order valence-corrected chi connectivity index (χ2v) is 2.71. The van der Waals surface area contributed by atoms with Crippen LogP contribution in [0.15, 0.2) is 18.2 Å². The number of nitrogens with two attached hydrogens (primary N) is 1. The van der Waals surface area contributed by atoms with Gasteiger partial charge in [0.15, 0.2) is 11.5 Å². The number of carboxylic acids is 1. The Morgan fingerprint density at radius 1 is 1.47 bits per heavy atom. The second kappa shape index (κ2) is 4.16. The Labute approximate surface area is 90.9 Å². The standard InChI is InChI=1S/C9H11NO5/c10-7(9(14)15)8(13)4-1-2-5(11)6(12)3-4/h1-3,7-8,11-13H,10H2,(H,14,15)/t7-,8+/m0/s1/i7D,8D/hD2. The van der Waals surface area contributed by atoms with Crippen molar-refractivity contribution in [2.24, 2.45) is 5.72 Å². The molecular weight excluding hydrogens is 202 g/mol. The summed E-state index contributed by atoms with van der Waals surface area (Å²) in [7, 11) is 0. The summed E-state index contributed by atoms with van der Waals surface area (Å²) in [6, 6.07) is -0.892. The Kier molecular flexibility index (Phi) is 1.84. The van der Waals surface area contributed by atoms with E-state index < -0.39 is 40.8 Å². The van der Waals surface area contributed by atoms with Crippen LogP contribution in [0.4, 0.5) is 0 Å². The van der Waals surface area contributed by atoms with E-state index in [0.717, 1.165) is 12.1 Å². The number of hydrogen-bond donors (Lipinski definition) is 5. The van der Waals surface area contributed by atoms with Crippen LogP contribution in [-0.4, -0.2) is 32.4 Å². The maximum Gasteiger partial charge on any atom is 0.323 e. The molecule has 1 aromatic carbocycles. The lowest BCUT2D eigenvalue weighted by molar-refractivity contribution is -0.141. The third kappa shape index (κ3) is 2.36. The smallest absolute Gasteiger partial charge is 0.323 e. The molecule has 0 aromatic heterocycles. The van der Waals surface area contributed by atoms with Gasteiger partial charge in [0.1, 0.15) is 14.9 Å². The number of aliphatic carboxylic acids is 1. The molecule has 0 heterocycles. The van der Waals surface area contributed by atoms with Gasteiger partial charge in [-0.3, -0.25) is 4.79 Å². The number of aromatic hydroxyl groups is 2. The van der Waals surface area contributed by atoms with Crippen LogP contribution in [0.5, 0.6) is 11.5 Å². The van der Waals surface area contributed by atoms with Crippen molar-refractivity contribution >= 4 is 5.97 Å². The number of hydrogen-bond acceptors (Lipinski definition) is 5. The van der Waals surface area contributed by atoms with Gasteiger partial charge in [-0.1, -0.05) is 6.07 Å². The summed E-state index contributed by atoms with van der Waals surface area (Å²) in [5.41, 5.74) is -1.20. The lowest BCUT2D eigenvalue weighted by atomic mass is 10.0. The van der Waals surface area contributed by atoms with Gasteiger partial charge in [0, 0.05) is 0 Å². The minimum absolute atomic E-state index is 0.565. The maximum atomic E-state index is 11.0. The molecule has 2 atom stereocenters. The summed E-state index contributed by atoms with van der Waals surface area (Å²) >= 11 is 0. The fourth-order valence-corrected chi connectivity index (χ4v) is 0.909. The van der Waals surface area contributed by atoms with Crippen LogP contribution in [0.2, 0.25) is 2.82 Å². The highest BCUT2D eigenvalue weighted by atomic mass is 16.4. The van der Waals surface area contributed by atoms with E-state index in [1.807, 2.05) is 0 Å². The van der Waals surface area contributed by atoms with E-state index in [1.165, 1.54) is 0 Å². The first kappa shape index (κ1) is 6.65. The van der Waals surface area contributed by atoms with Gasteiger partial charge in [-0.15, -0.1) is 0 Å². The third-order valence-corrected chi connectivity index (χ3v) is 1.68. The Bertz CT molecular complexity index is 509. The minimum Gasteiger partial charge on any atom is -0.504 e. The van der Waals surface area contributed by atoms with Crippen molar-refractivity contribution in [2.75, 3.05) is 0 Å². The molecule has 0 aliphatic carbocycles. The van der Waals surface area contributed by atoms with Crippen LogP contribution in [0.3, 0.4) is 0 Å². The monoisotopic (exact) mass is 217 g/mol. The average molecular weight is 217 g/mol. The summed E-state index contributed by atoms with van der Waals surface area (Å²) in [4.78, 5) is 11.0. The van der Waals surface area contributed by atoms with Gasteiger partial charge >= 0.3 is 5.97 Å².